The Morgan fingerprint density at radius 3 is 2.67 bits per heavy atom. The number of fused-ring (bicyclic) bond motifs is 1. The molecule has 1 atom stereocenters. The van der Waals surface area contributed by atoms with Crippen LogP contribution in [0.15, 0.2) is 65.8 Å². The van der Waals surface area contributed by atoms with Crippen LogP contribution in [0, 0.1) is 18.8 Å². The predicted molar refractivity (Wildman–Crippen MR) is 137 cm³/mol. The van der Waals surface area contributed by atoms with Gasteiger partial charge in [-0.3, -0.25) is 14.2 Å². The lowest BCUT2D eigenvalue weighted by Gasteiger charge is -2.16. The van der Waals surface area contributed by atoms with Crippen molar-refractivity contribution in [3.05, 3.63) is 77.0 Å². The van der Waals surface area contributed by atoms with Crippen molar-refractivity contribution in [2.24, 2.45) is 0 Å². The summed E-state index contributed by atoms with van der Waals surface area (Å²) < 4.78 is 20.3. The van der Waals surface area contributed by atoms with Gasteiger partial charge in [0.05, 0.1) is 5.52 Å². The summed E-state index contributed by atoms with van der Waals surface area (Å²) in [5, 5.41) is 4.03. The van der Waals surface area contributed by atoms with E-state index in [1.54, 1.807) is 32.2 Å². The fraction of sp³-hybridized carbons (Fsp3) is 0.185. The van der Waals surface area contributed by atoms with Crippen molar-refractivity contribution in [1.29, 1.82) is 0 Å². The summed E-state index contributed by atoms with van der Waals surface area (Å²) in [6, 6.07) is 13.7. The molecule has 36 heavy (non-hydrogen) atoms. The highest BCUT2D eigenvalue weighted by molar-refractivity contribution is 6.06. The van der Waals surface area contributed by atoms with Crippen LogP contribution >= 0.6 is 0 Å². The molecule has 4 rings (SSSR count). The number of pyridine rings is 1. The first kappa shape index (κ1) is 24.4. The molecule has 9 heteroatoms. The Balaban J connectivity index is 1.59. The van der Waals surface area contributed by atoms with Gasteiger partial charge in [-0.1, -0.05) is 5.92 Å². The minimum absolute atomic E-state index is 0.314. The number of aromatic nitrogens is 3. The number of benzene rings is 2. The molecule has 0 bridgehead atoms. The number of aryl methyl sites for hydroxylation is 1. The van der Waals surface area contributed by atoms with Crippen molar-refractivity contribution in [1.82, 2.24) is 14.5 Å². The average molecular weight is 486 g/mol. The molecule has 1 amide bonds. The van der Waals surface area contributed by atoms with Gasteiger partial charge in [0.25, 0.3) is 5.56 Å². The monoisotopic (exact) mass is 485 g/mol. The summed E-state index contributed by atoms with van der Waals surface area (Å²) in [5.74, 6) is 6.27. The van der Waals surface area contributed by atoms with Crippen LogP contribution in [-0.4, -0.2) is 27.5 Å². The second-order valence-corrected chi connectivity index (χ2v) is 8.05. The van der Waals surface area contributed by atoms with E-state index in [1.165, 1.54) is 30.4 Å². The molecule has 0 fully saturated rings. The Kier molecular flexibility index (Phi) is 6.97. The second-order valence-electron chi connectivity index (χ2n) is 8.05. The van der Waals surface area contributed by atoms with Crippen LogP contribution in [0.1, 0.15) is 25.7 Å². The summed E-state index contributed by atoms with van der Waals surface area (Å²) in [4.78, 5) is 34.4. The summed E-state index contributed by atoms with van der Waals surface area (Å²) in [5.41, 5.74) is 2.46. The van der Waals surface area contributed by atoms with E-state index in [0.717, 1.165) is 21.2 Å². The van der Waals surface area contributed by atoms with Crippen molar-refractivity contribution < 1.29 is 13.9 Å². The molecule has 1 unspecified atom stereocenters. The lowest BCUT2D eigenvalue weighted by molar-refractivity contribution is -0.113. The Bertz CT molecular complexity index is 1570. The van der Waals surface area contributed by atoms with Gasteiger partial charge in [0, 0.05) is 36.1 Å². The maximum atomic E-state index is 13.4. The molecule has 0 aliphatic carbocycles. The molecule has 2 aromatic heterocycles. The van der Waals surface area contributed by atoms with E-state index >= 15 is 0 Å². The third-order valence-electron chi connectivity index (χ3n) is 5.51. The quantitative estimate of drug-likeness (QED) is 0.382. The summed E-state index contributed by atoms with van der Waals surface area (Å²) >= 11 is 0. The van der Waals surface area contributed by atoms with E-state index in [9.17, 15) is 14.0 Å². The number of hydrogen-bond acceptors (Lipinski definition) is 6. The molecule has 1 N–H and O–H groups in total. The third-order valence-corrected chi connectivity index (χ3v) is 5.51. The highest BCUT2D eigenvalue weighted by Crippen LogP contribution is 2.30. The minimum Gasteiger partial charge on any atom is -0.457 e. The molecule has 0 radical (unpaired) electrons. The number of alkyl halides is 1. The molecule has 8 nitrogen and oxygen atoms in total. The van der Waals surface area contributed by atoms with Gasteiger partial charge in [-0.05, 0) is 74.7 Å². The van der Waals surface area contributed by atoms with Crippen LogP contribution in [0.25, 0.3) is 10.9 Å². The minimum atomic E-state index is -1.42. The molecule has 0 aliphatic heterocycles. The van der Waals surface area contributed by atoms with E-state index in [1.807, 2.05) is 31.2 Å². The second kappa shape index (κ2) is 10.3. The zero-order valence-corrected chi connectivity index (χ0v) is 20.2. The highest BCUT2D eigenvalue weighted by atomic mass is 19.1. The molecule has 0 spiro atoms. The Labute approximate surface area is 207 Å². The third kappa shape index (κ3) is 5.18. The fourth-order valence-electron chi connectivity index (χ4n) is 3.60. The molecular formula is C27H24FN5O3. The first-order chi connectivity index (χ1) is 17.3. The van der Waals surface area contributed by atoms with Crippen LogP contribution in [0.4, 0.5) is 21.6 Å². The number of anilines is 3. The number of hydrogen-bond donors (Lipinski definition) is 1. The van der Waals surface area contributed by atoms with Crippen LogP contribution < -0.4 is 20.5 Å². The largest absolute Gasteiger partial charge is 0.457 e. The van der Waals surface area contributed by atoms with Crippen molar-refractivity contribution >= 4 is 34.0 Å². The maximum absolute atomic E-state index is 13.4. The molecule has 2 aromatic carbocycles. The van der Waals surface area contributed by atoms with Gasteiger partial charge < -0.3 is 15.0 Å². The number of ether oxygens (including phenoxy) is 1. The lowest BCUT2D eigenvalue weighted by atomic mass is 10.1. The van der Waals surface area contributed by atoms with Crippen molar-refractivity contribution in [2.75, 3.05) is 17.3 Å². The van der Waals surface area contributed by atoms with Crippen molar-refractivity contribution in [2.45, 2.75) is 27.1 Å². The zero-order valence-electron chi connectivity index (χ0n) is 20.2. The Hall–Kier alpha value is -4.71. The Morgan fingerprint density at radius 2 is 1.97 bits per heavy atom. The first-order valence-corrected chi connectivity index (χ1v) is 11.1. The summed E-state index contributed by atoms with van der Waals surface area (Å²) in [6.07, 6.45) is 1.41. The van der Waals surface area contributed by atoms with Crippen molar-refractivity contribution in [3.63, 3.8) is 0 Å². The average Bonchev–Trinajstić information content (AvgIpc) is 2.85. The summed E-state index contributed by atoms with van der Waals surface area (Å²) in [7, 11) is 1.66. The summed E-state index contributed by atoms with van der Waals surface area (Å²) in [6.45, 7) is 4.78. The van der Waals surface area contributed by atoms with Gasteiger partial charge in [0.15, 0.2) is 6.30 Å². The molecular weight excluding hydrogens is 461 g/mol. The number of nitrogens with zero attached hydrogens (tertiary/aromatic N) is 4. The van der Waals surface area contributed by atoms with Crippen LogP contribution in [0.2, 0.25) is 0 Å². The number of rotatable bonds is 6. The lowest BCUT2D eigenvalue weighted by Crippen LogP contribution is -2.24. The van der Waals surface area contributed by atoms with Gasteiger partial charge in [-0.15, -0.1) is 0 Å². The van der Waals surface area contributed by atoms with Gasteiger partial charge in [-0.2, -0.15) is 0 Å². The van der Waals surface area contributed by atoms with E-state index in [2.05, 4.69) is 27.1 Å². The normalized spacial score (nSPS) is 11.4. The zero-order chi connectivity index (χ0) is 25.8. The number of carbonyl (C=O) groups excluding carboxylic acids is 1. The molecule has 0 saturated carbocycles. The highest BCUT2D eigenvalue weighted by Gasteiger charge is 2.13. The fourth-order valence-corrected chi connectivity index (χ4v) is 3.60. The molecule has 182 valence electrons. The van der Waals surface area contributed by atoms with E-state index in [4.69, 9.17) is 4.74 Å². The molecule has 4 aromatic rings. The topological polar surface area (TPSA) is 89.3 Å². The SMILES string of the molecule is CC#CC(=O)N(C)c1ccc2ncnc(Nc3ccc(Oc4ccn(C(C)F)c(=O)c4)c(C)c3)c2c1. The van der Waals surface area contributed by atoms with E-state index < -0.39 is 11.9 Å². The number of halogens is 1. The van der Waals surface area contributed by atoms with Crippen LogP contribution in [0.3, 0.4) is 0 Å². The smallest absolute Gasteiger partial charge is 0.302 e. The number of amides is 1. The standard InChI is InChI=1S/C27H24FN5O3/c1-5-6-25(34)32(4)20-8-9-23-22(14-20)27(30-16-29-23)31-19-7-10-24(17(2)13-19)36-21-11-12-33(18(3)28)26(35)15-21/h7-16,18H,1-4H3,(H,29,30,31). The molecule has 0 aliphatic rings. The number of carbonyl (C=O) groups is 1. The predicted octanol–water partition coefficient (Wildman–Crippen LogP) is 5.11. The van der Waals surface area contributed by atoms with E-state index in [0.29, 0.717) is 28.5 Å². The van der Waals surface area contributed by atoms with Gasteiger partial charge in [-0.25, -0.2) is 14.4 Å². The van der Waals surface area contributed by atoms with Gasteiger partial charge >= 0.3 is 5.91 Å². The van der Waals surface area contributed by atoms with Gasteiger partial charge in [0.2, 0.25) is 0 Å². The maximum Gasteiger partial charge on any atom is 0.302 e. The van der Waals surface area contributed by atoms with E-state index in [-0.39, 0.29) is 5.91 Å². The van der Waals surface area contributed by atoms with Gasteiger partial charge in [0.1, 0.15) is 23.6 Å². The molecule has 2 heterocycles. The number of nitrogens with one attached hydrogen (secondary N) is 1. The molecule has 0 saturated heterocycles. The van der Waals surface area contributed by atoms with Crippen LogP contribution in [-0.2, 0) is 4.79 Å². The van der Waals surface area contributed by atoms with Crippen LogP contribution in [0.5, 0.6) is 11.5 Å². The Morgan fingerprint density at radius 1 is 1.17 bits per heavy atom. The van der Waals surface area contributed by atoms with Crippen molar-refractivity contribution in [3.8, 4) is 23.3 Å². The first-order valence-electron chi connectivity index (χ1n) is 11.1.